The highest BCUT2D eigenvalue weighted by Gasteiger charge is 2.29. The third-order valence-corrected chi connectivity index (χ3v) is 4.74. The van der Waals surface area contributed by atoms with Crippen molar-refractivity contribution in [2.75, 3.05) is 31.5 Å². The first kappa shape index (κ1) is 16.1. The standard InChI is InChI=1S/C14H22F2N6O/c1-20-11(12(15)16)13(18-19-20)17-14(23)22-8-6-21(7-9-22)10-4-2-3-5-10/h10,12H,2-9H2,1H3,(H,17,23). The van der Waals surface area contributed by atoms with Gasteiger partial charge in [-0.05, 0) is 12.8 Å². The molecule has 1 aromatic rings. The molecule has 1 aromatic heterocycles. The predicted molar refractivity (Wildman–Crippen MR) is 80.4 cm³/mol. The van der Waals surface area contributed by atoms with Crippen LogP contribution >= 0.6 is 0 Å². The maximum absolute atomic E-state index is 13.0. The molecule has 2 amide bonds. The average Bonchev–Trinajstić information content (AvgIpc) is 3.17. The molecule has 2 heterocycles. The summed E-state index contributed by atoms with van der Waals surface area (Å²) in [4.78, 5) is 16.3. The number of nitrogens with one attached hydrogen (secondary N) is 1. The summed E-state index contributed by atoms with van der Waals surface area (Å²) >= 11 is 0. The molecule has 1 saturated heterocycles. The van der Waals surface area contributed by atoms with Crippen molar-refractivity contribution in [2.45, 2.75) is 38.2 Å². The highest BCUT2D eigenvalue weighted by Crippen LogP contribution is 2.26. The SMILES string of the molecule is Cn1nnc(NC(=O)N2CCN(C3CCCC3)CC2)c1C(F)F. The Morgan fingerprint density at radius 3 is 2.48 bits per heavy atom. The van der Waals surface area contributed by atoms with E-state index in [0.29, 0.717) is 19.1 Å². The van der Waals surface area contributed by atoms with Crippen LogP contribution in [0.15, 0.2) is 0 Å². The minimum atomic E-state index is -2.73. The summed E-state index contributed by atoms with van der Waals surface area (Å²) in [5.74, 6) is -0.161. The molecule has 0 aromatic carbocycles. The third kappa shape index (κ3) is 3.44. The Labute approximate surface area is 133 Å². The Balaban J connectivity index is 1.55. The molecule has 0 radical (unpaired) electrons. The first-order valence-corrected chi connectivity index (χ1v) is 8.04. The van der Waals surface area contributed by atoms with E-state index in [2.05, 4.69) is 20.5 Å². The van der Waals surface area contributed by atoms with Crippen molar-refractivity contribution in [1.82, 2.24) is 24.8 Å². The molecule has 3 rings (SSSR count). The zero-order valence-electron chi connectivity index (χ0n) is 13.2. The minimum Gasteiger partial charge on any atom is -0.322 e. The number of rotatable bonds is 3. The lowest BCUT2D eigenvalue weighted by Crippen LogP contribution is -2.52. The Morgan fingerprint density at radius 2 is 1.87 bits per heavy atom. The van der Waals surface area contributed by atoms with Crippen LogP contribution in [0.1, 0.15) is 37.8 Å². The number of anilines is 1. The van der Waals surface area contributed by atoms with Gasteiger partial charge in [0.05, 0.1) is 0 Å². The van der Waals surface area contributed by atoms with Crippen LogP contribution in [0, 0.1) is 0 Å². The molecule has 1 aliphatic heterocycles. The van der Waals surface area contributed by atoms with Gasteiger partial charge in [0.2, 0.25) is 0 Å². The normalized spacial score (nSPS) is 20.4. The van der Waals surface area contributed by atoms with Crippen LogP contribution in [0.25, 0.3) is 0 Å². The van der Waals surface area contributed by atoms with E-state index < -0.39 is 12.5 Å². The summed E-state index contributed by atoms with van der Waals surface area (Å²) < 4.78 is 26.9. The second-order valence-corrected chi connectivity index (χ2v) is 6.14. The maximum atomic E-state index is 13.0. The number of urea groups is 1. The van der Waals surface area contributed by atoms with Crippen LogP contribution in [0.3, 0.4) is 0 Å². The number of nitrogens with zero attached hydrogens (tertiary/aromatic N) is 5. The van der Waals surface area contributed by atoms with Crippen molar-refractivity contribution in [2.24, 2.45) is 7.05 Å². The van der Waals surface area contributed by atoms with Crippen LogP contribution in [0.2, 0.25) is 0 Å². The fraction of sp³-hybridized carbons (Fsp3) is 0.786. The van der Waals surface area contributed by atoms with E-state index in [1.165, 1.54) is 32.7 Å². The van der Waals surface area contributed by atoms with Gasteiger partial charge in [-0.15, -0.1) is 5.10 Å². The highest BCUT2D eigenvalue weighted by molar-refractivity contribution is 5.88. The number of carbonyl (C=O) groups is 1. The van der Waals surface area contributed by atoms with Crippen LogP contribution in [-0.2, 0) is 7.05 Å². The number of aromatic nitrogens is 3. The Hall–Kier alpha value is -1.77. The maximum Gasteiger partial charge on any atom is 0.323 e. The van der Waals surface area contributed by atoms with Crippen molar-refractivity contribution in [3.8, 4) is 0 Å². The average molecular weight is 328 g/mol. The first-order chi connectivity index (χ1) is 11.1. The van der Waals surface area contributed by atoms with Gasteiger partial charge in [-0.1, -0.05) is 18.1 Å². The summed E-state index contributed by atoms with van der Waals surface area (Å²) in [5.41, 5.74) is -0.372. The fourth-order valence-corrected chi connectivity index (χ4v) is 3.44. The van der Waals surface area contributed by atoms with E-state index in [1.807, 2.05) is 0 Å². The number of carbonyl (C=O) groups excluding carboxylic acids is 1. The molecular weight excluding hydrogens is 306 g/mol. The van der Waals surface area contributed by atoms with E-state index >= 15 is 0 Å². The van der Waals surface area contributed by atoms with E-state index in [0.717, 1.165) is 17.8 Å². The molecule has 1 saturated carbocycles. The lowest BCUT2D eigenvalue weighted by molar-refractivity contribution is 0.114. The zero-order chi connectivity index (χ0) is 16.4. The van der Waals surface area contributed by atoms with Gasteiger partial charge >= 0.3 is 6.03 Å². The summed E-state index contributed by atoms with van der Waals surface area (Å²) in [6.07, 6.45) is 2.32. The van der Waals surface area contributed by atoms with Crippen LogP contribution in [-0.4, -0.2) is 63.0 Å². The van der Waals surface area contributed by atoms with Crippen molar-refractivity contribution in [3.63, 3.8) is 0 Å². The number of halogens is 2. The Kier molecular flexibility index (Phi) is 4.74. The largest absolute Gasteiger partial charge is 0.323 e. The van der Waals surface area contributed by atoms with Gasteiger partial charge in [0.15, 0.2) is 5.82 Å². The Bertz CT molecular complexity index is 549. The van der Waals surface area contributed by atoms with Crippen LogP contribution in [0.4, 0.5) is 19.4 Å². The second kappa shape index (κ2) is 6.77. The monoisotopic (exact) mass is 328 g/mol. The lowest BCUT2D eigenvalue weighted by atomic mass is 10.2. The highest BCUT2D eigenvalue weighted by atomic mass is 19.3. The molecule has 0 bridgehead atoms. The molecule has 7 nitrogen and oxygen atoms in total. The van der Waals surface area contributed by atoms with Crippen LogP contribution in [0.5, 0.6) is 0 Å². The lowest BCUT2D eigenvalue weighted by Gasteiger charge is -2.37. The molecule has 0 unspecified atom stereocenters. The fourth-order valence-electron chi connectivity index (χ4n) is 3.44. The molecule has 1 aliphatic carbocycles. The molecule has 128 valence electrons. The predicted octanol–water partition coefficient (Wildman–Crippen LogP) is 1.84. The summed E-state index contributed by atoms with van der Waals surface area (Å²) in [6, 6.07) is 0.254. The number of hydrogen-bond donors (Lipinski definition) is 1. The first-order valence-electron chi connectivity index (χ1n) is 8.04. The second-order valence-electron chi connectivity index (χ2n) is 6.14. The summed E-state index contributed by atoms with van der Waals surface area (Å²) in [6.45, 7) is 2.87. The third-order valence-electron chi connectivity index (χ3n) is 4.74. The van der Waals surface area contributed by atoms with Gasteiger partial charge in [0.25, 0.3) is 6.43 Å². The zero-order valence-corrected chi connectivity index (χ0v) is 13.2. The molecule has 1 N–H and O–H groups in total. The molecular formula is C14H22F2N6O. The van der Waals surface area contributed by atoms with Crippen molar-refractivity contribution in [1.29, 1.82) is 0 Å². The van der Waals surface area contributed by atoms with E-state index in [9.17, 15) is 13.6 Å². The molecule has 9 heteroatoms. The van der Waals surface area contributed by atoms with E-state index in [-0.39, 0.29) is 11.5 Å². The van der Waals surface area contributed by atoms with Gasteiger partial charge < -0.3 is 4.90 Å². The summed E-state index contributed by atoms with van der Waals surface area (Å²) in [5, 5.41) is 9.62. The van der Waals surface area contributed by atoms with Crippen molar-refractivity contribution >= 4 is 11.8 Å². The van der Waals surface area contributed by atoms with E-state index in [1.54, 1.807) is 4.90 Å². The van der Waals surface area contributed by atoms with Gasteiger partial charge in [-0.25, -0.2) is 18.3 Å². The van der Waals surface area contributed by atoms with Gasteiger partial charge in [-0.2, -0.15) is 0 Å². The molecule has 2 aliphatic rings. The quantitative estimate of drug-likeness (QED) is 0.919. The van der Waals surface area contributed by atoms with Crippen molar-refractivity contribution < 1.29 is 13.6 Å². The van der Waals surface area contributed by atoms with Gasteiger partial charge in [-0.3, -0.25) is 10.2 Å². The van der Waals surface area contributed by atoms with Crippen molar-refractivity contribution in [3.05, 3.63) is 5.69 Å². The number of amides is 2. The molecule has 0 atom stereocenters. The Morgan fingerprint density at radius 1 is 1.22 bits per heavy atom. The summed E-state index contributed by atoms with van der Waals surface area (Å²) in [7, 11) is 1.38. The van der Waals surface area contributed by atoms with E-state index in [4.69, 9.17) is 0 Å². The number of aryl methyl sites for hydroxylation is 1. The van der Waals surface area contributed by atoms with Crippen LogP contribution < -0.4 is 5.32 Å². The number of hydrogen-bond acceptors (Lipinski definition) is 4. The number of alkyl halides is 2. The van der Waals surface area contributed by atoms with Gasteiger partial charge in [0, 0.05) is 39.3 Å². The molecule has 23 heavy (non-hydrogen) atoms. The smallest absolute Gasteiger partial charge is 0.322 e. The van der Waals surface area contributed by atoms with Gasteiger partial charge in [0.1, 0.15) is 5.69 Å². The minimum absolute atomic E-state index is 0.161. The molecule has 0 spiro atoms. The topological polar surface area (TPSA) is 66.3 Å². The molecule has 2 fully saturated rings. The number of piperazine rings is 1.